The fourth-order valence-corrected chi connectivity index (χ4v) is 1.53. The maximum Gasteiger partial charge on any atom is 0.407 e. The van der Waals surface area contributed by atoms with E-state index < -0.39 is 11.8 Å². The van der Waals surface area contributed by atoms with E-state index in [-0.39, 0.29) is 12.5 Å². The molecule has 2 atom stereocenters. The number of carbonyl (C=O) groups is 1. The van der Waals surface area contributed by atoms with Gasteiger partial charge in [-0.15, -0.1) is 0 Å². The Bertz CT molecular complexity index is 254. The second-order valence-corrected chi connectivity index (χ2v) is 3.08. The van der Waals surface area contributed by atoms with Crippen LogP contribution in [0.5, 0.6) is 0 Å². The third-order valence-corrected chi connectivity index (χ3v) is 2.25. The highest BCUT2D eigenvalue weighted by Crippen LogP contribution is 2.27. The Kier molecular flexibility index (Phi) is 1.29. The van der Waals surface area contributed by atoms with Crippen molar-refractivity contribution in [2.45, 2.75) is 5.72 Å². The van der Waals surface area contributed by atoms with Crippen LogP contribution < -0.4 is 5.43 Å². The molecule has 6 heteroatoms. The van der Waals surface area contributed by atoms with Gasteiger partial charge in [0.1, 0.15) is 0 Å². The zero-order valence-electron chi connectivity index (χ0n) is 6.27. The predicted molar refractivity (Wildman–Crippen MR) is 39.7 cm³/mol. The molecule has 1 saturated heterocycles. The Morgan fingerprint density at radius 2 is 2.58 bits per heavy atom. The van der Waals surface area contributed by atoms with Crippen LogP contribution in [0.25, 0.3) is 0 Å². The van der Waals surface area contributed by atoms with Gasteiger partial charge in [0.05, 0.1) is 12.5 Å². The van der Waals surface area contributed by atoms with Gasteiger partial charge in [-0.1, -0.05) is 0 Å². The van der Waals surface area contributed by atoms with E-state index in [1.807, 2.05) is 0 Å². The van der Waals surface area contributed by atoms with Crippen LogP contribution in [0, 0.1) is 5.92 Å². The van der Waals surface area contributed by atoms with Gasteiger partial charge < -0.3 is 15.1 Å². The molecule has 1 fully saturated rings. The number of fused-ring (bicyclic) bond motifs is 1. The number of likely N-dealkylation sites (tertiary alicyclic amines) is 1. The van der Waals surface area contributed by atoms with Gasteiger partial charge >= 0.3 is 6.09 Å². The molecule has 0 aliphatic carbocycles. The van der Waals surface area contributed by atoms with Crippen LogP contribution in [-0.4, -0.2) is 46.2 Å². The minimum atomic E-state index is -1.17. The van der Waals surface area contributed by atoms with E-state index in [4.69, 9.17) is 5.11 Å². The molecular weight excluding hydrogens is 162 g/mol. The molecule has 6 nitrogen and oxygen atoms in total. The molecule has 2 aliphatic rings. The zero-order valence-corrected chi connectivity index (χ0v) is 6.27. The van der Waals surface area contributed by atoms with Gasteiger partial charge in [0.25, 0.3) is 0 Å². The molecule has 0 aromatic rings. The summed E-state index contributed by atoms with van der Waals surface area (Å²) >= 11 is 0. The van der Waals surface area contributed by atoms with Crippen molar-refractivity contribution in [3.63, 3.8) is 0 Å². The van der Waals surface area contributed by atoms with E-state index in [1.54, 1.807) is 6.21 Å². The Morgan fingerprint density at radius 3 is 3.17 bits per heavy atom. The molecule has 0 aromatic carbocycles. The highest BCUT2D eigenvalue weighted by atomic mass is 16.4. The molecule has 0 aromatic heterocycles. The van der Waals surface area contributed by atoms with Crippen LogP contribution in [0.4, 0.5) is 4.79 Å². The Balaban J connectivity index is 2.15. The molecule has 2 heterocycles. The molecule has 3 N–H and O–H groups in total. The van der Waals surface area contributed by atoms with Crippen molar-refractivity contribution < 1.29 is 15.0 Å². The predicted octanol–water partition coefficient (Wildman–Crippen LogP) is -1.13. The van der Waals surface area contributed by atoms with Crippen molar-refractivity contribution in [1.29, 1.82) is 0 Å². The Labute approximate surface area is 68.5 Å². The summed E-state index contributed by atoms with van der Waals surface area (Å²) in [4.78, 5) is 11.7. The molecule has 0 saturated carbocycles. The minimum absolute atomic E-state index is 0.0764. The highest BCUT2D eigenvalue weighted by Gasteiger charge is 2.48. The first-order valence-electron chi connectivity index (χ1n) is 3.62. The van der Waals surface area contributed by atoms with E-state index >= 15 is 0 Å². The molecule has 0 bridgehead atoms. The first-order valence-corrected chi connectivity index (χ1v) is 3.62. The van der Waals surface area contributed by atoms with E-state index in [0.717, 1.165) is 0 Å². The number of nitrogens with one attached hydrogen (secondary N) is 1. The first kappa shape index (κ1) is 7.35. The molecule has 0 spiro atoms. The molecule has 0 radical (unpaired) electrons. The summed E-state index contributed by atoms with van der Waals surface area (Å²) in [5, 5.41) is 22.0. The third-order valence-electron chi connectivity index (χ3n) is 2.25. The van der Waals surface area contributed by atoms with Crippen molar-refractivity contribution in [1.82, 2.24) is 10.3 Å². The van der Waals surface area contributed by atoms with E-state index in [1.165, 1.54) is 4.90 Å². The summed E-state index contributed by atoms with van der Waals surface area (Å²) in [6.07, 6.45) is 0.538. The van der Waals surface area contributed by atoms with Gasteiger partial charge in [0.15, 0.2) is 5.72 Å². The average Bonchev–Trinajstić information content (AvgIpc) is 2.41. The van der Waals surface area contributed by atoms with E-state index in [9.17, 15) is 9.90 Å². The monoisotopic (exact) mass is 171 g/mol. The molecule has 2 aliphatic heterocycles. The largest absolute Gasteiger partial charge is 0.465 e. The van der Waals surface area contributed by atoms with Crippen LogP contribution in [0.1, 0.15) is 0 Å². The van der Waals surface area contributed by atoms with E-state index in [0.29, 0.717) is 6.54 Å². The quantitative estimate of drug-likeness (QED) is 0.430. The standard InChI is InChI=1S/C6H9N3O3/c10-5(11)9-2-4-1-7-8-6(4,12)3-9/h1,4,8,12H,2-3H2,(H,10,11). The average molecular weight is 171 g/mol. The van der Waals surface area contributed by atoms with Crippen molar-refractivity contribution in [3.05, 3.63) is 0 Å². The van der Waals surface area contributed by atoms with Gasteiger partial charge in [0, 0.05) is 12.8 Å². The Hall–Kier alpha value is -1.30. The molecule has 1 amide bonds. The normalized spacial score (nSPS) is 38.1. The third kappa shape index (κ3) is 0.845. The van der Waals surface area contributed by atoms with Crippen molar-refractivity contribution in [3.8, 4) is 0 Å². The molecule has 66 valence electrons. The summed E-state index contributed by atoms with van der Waals surface area (Å²) in [6.45, 7) is 0.384. The van der Waals surface area contributed by atoms with Crippen LogP contribution in [0.15, 0.2) is 5.10 Å². The van der Waals surface area contributed by atoms with Crippen LogP contribution in [0.2, 0.25) is 0 Å². The van der Waals surface area contributed by atoms with Crippen molar-refractivity contribution in [2.24, 2.45) is 11.0 Å². The van der Waals surface area contributed by atoms with Crippen molar-refractivity contribution >= 4 is 12.3 Å². The number of carboxylic acid groups (broad SMARTS) is 1. The summed E-state index contributed by atoms with van der Waals surface area (Å²) in [7, 11) is 0. The number of rotatable bonds is 0. The number of hydrogen-bond donors (Lipinski definition) is 3. The topological polar surface area (TPSA) is 85.2 Å². The van der Waals surface area contributed by atoms with Gasteiger partial charge in [-0.3, -0.25) is 5.43 Å². The number of hydrogen-bond acceptors (Lipinski definition) is 4. The lowest BCUT2D eigenvalue weighted by Gasteiger charge is -2.20. The maximum absolute atomic E-state index is 10.5. The fraction of sp³-hybridized carbons (Fsp3) is 0.667. The van der Waals surface area contributed by atoms with Gasteiger partial charge in [-0.05, 0) is 0 Å². The number of hydrazone groups is 1. The summed E-state index contributed by atoms with van der Waals surface area (Å²) in [6, 6.07) is 0. The van der Waals surface area contributed by atoms with Crippen LogP contribution in [0.3, 0.4) is 0 Å². The van der Waals surface area contributed by atoms with Crippen molar-refractivity contribution in [2.75, 3.05) is 13.1 Å². The highest BCUT2D eigenvalue weighted by molar-refractivity contribution is 5.71. The minimum Gasteiger partial charge on any atom is -0.465 e. The van der Waals surface area contributed by atoms with Gasteiger partial charge in [-0.2, -0.15) is 5.10 Å². The SMILES string of the molecule is O=C(O)N1CC2C=NNC2(O)C1. The lowest BCUT2D eigenvalue weighted by molar-refractivity contribution is 0.0102. The van der Waals surface area contributed by atoms with E-state index in [2.05, 4.69) is 10.5 Å². The van der Waals surface area contributed by atoms with Gasteiger partial charge in [-0.25, -0.2) is 4.79 Å². The fourth-order valence-electron chi connectivity index (χ4n) is 1.53. The summed E-state index contributed by atoms with van der Waals surface area (Å²) in [5.74, 6) is -0.214. The second-order valence-electron chi connectivity index (χ2n) is 3.08. The number of β-amino-alcohol motifs (C(OH)–C–C–N with tert-alkyl or cyclic N) is 1. The number of nitrogens with zero attached hydrogens (tertiary/aromatic N) is 2. The molecular formula is C6H9N3O3. The van der Waals surface area contributed by atoms with Crippen LogP contribution in [-0.2, 0) is 0 Å². The first-order chi connectivity index (χ1) is 5.62. The number of amides is 1. The maximum atomic E-state index is 10.5. The molecule has 2 unspecified atom stereocenters. The lowest BCUT2D eigenvalue weighted by atomic mass is 10.0. The summed E-state index contributed by atoms with van der Waals surface area (Å²) in [5.41, 5.74) is 1.33. The lowest BCUT2D eigenvalue weighted by Crippen LogP contribution is -2.46. The van der Waals surface area contributed by atoms with Crippen LogP contribution >= 0.6 is 0 Å². The number of aliphatic hydroxyl groups is 1. The molecule has 2 rings (SSSR count). The smallest absolute Gasteiger partial charge is 0.407 e. The second kappa shape index (κ2) is 2.10. The van der Waals surface area contributed by atoms with Gasteiger partial charge in [0.2, 0.25) is 0 Å². The molecule has 12 heavy (non-hydrogen) atoms. The summed E-state index contributed by atoms with van der Waals surface area (Å²) < 4.78 is 0. The Morgan fingerprint density at radius 1 is 1.83 bits per heavy atom. The zero-order chi connectivity index (χ0) is 8.77.